The first-order chi connectivity index (χ1) is 11.6. The van der Waals surface area contributed by atoms with Crippen LogP contribution in [0.2, 0.25) is 0 Å². The highest BCUT2D eigenvalue weighted by Crippen LogP contribution is 2.53. The second kappa shape index (κ2) is 4.45. The number of carbonyl (C=O) groups is 2. The zero-order chi connectivity index (χ0) is 16.5. The Morgan fingerprint density at radius 3 is 2.83 bits per heavy atom. The summed E-state index contributed by atoms with van der Waals surface area (Å²) in [6, 6.07) is 13.7. The van der Waals surface area contributed by atoms with Crippen molar-refractivity contribution in [1.29, 1.82) is 0 Å². The number of carbonyl (C=O) groups excluding carboxylic acids is 1. The van der Waals surface area contributed by atoms with Crippen molar-refractivity contribution in [1.82, 2.24) is 0 Å². The zero-order valence-electron chi connectivity index (χ0n) is 12.8. The van der Waals surface area contributed by atoms with Crippen molar-refractivity contribution in [2.45, 2.75) is 11.7 Å². The minimum absolute atomic E-state index is 0.161. The van der Waals surface area contributed by atoms with E-state index >= 15 is 0 Å². The van der Waals surface area contributed by atoms with Crippen LogP contribution in [0.15, 0.2) is 54.6 Å². The Bertz CT molecular complexity index is 915. The van der Waals surface area contributed by atoms with E-state index in [1.165, 1.54) is 0 Å². The molecule has 2 aromatic carbocycles. The van der Waals surface area contributed by atoms with Crippen LogP contribution in [0, 0.1) is 11.8 Å². The summed E-state index contributed by atoms with van der Waals surface area (Å²) in [5.41, 5.74) is 0.00772. The van der Waals surface area contributed by atoms with Gasteiger partial charge in [-0.2, -0.15) is 0 Å². The first kappa shape index (κ1) is 13.7. The molecule has 2 aromatic rings. The van der Waals surface area contributed by atoms with Gasteiger partial charge in [-0.25, -0.2) is 0 Å². The van der Waals surface area contributed by atoms with Gasteiger partial charge in [0.2, 0.25) is 5.91 Å². The van der Waals surface area contributed by atoms with Crippen LogP contribution in [0.1, 0.15) is 0 Å². The summed E-state index contributed by atoms with van der Waals surface area (Å²) in [6.45, 7) is 0.362. The van der Waals surface area contributed by atoms with E-state index in [0.717, 1.165) is 16.5 Å². The van der Waals surface area contributed by atoms with E-state index in [9.17, 15) is 14.7 Å². The lowest BCUT2D eigenvalue weighted by molar-refractivity contribution is -0.146. The summed E-state index contributed by atoms with van der Waals surface area (Å²) < 4.78 is 5.94. The largest absolute Gasteiger partial charge is 0.481 e. The summed E-state index contributed by atoms with van der Waals surface area (Å²) in [6.07, 6.45) is 3.17. The summed E-state index contributed by atoms with van der Waals surface area (Å²) in [7, 11) is 0. The van der Waals surface area contributed by atoms with Gasteiger partial charge in [-0.1, -0.05) is 48.6 Å². The van der Waals surface area contributed by atoms with Crippen molar-refractivity contribution in [2.75, 3.05) is 11.4 Å². The number of rotatable bonds is 2. The molecule has 0 radical (unpaired) electrons. The Kier molecular flexibility index (Phi) is 2.55. The highest BCUT2D eigenvalue weighted by molar-refractivity contribution is 6.08. The number of aliphatic carboxylic acids is 1. The van der Waals surface area contributed by atoms with Crippen LogP contribution >= 0.6 is 0 Å². The summed E-state index contributed by atoms with van der Waals surface area (Å²) in [5.74, 6) is -2.58. The molecule has 2 saturated heterocycles. The molecule has 24 heavy (non-hydrogen) atoms. The first-order valence-corrected chi connectivity index (χ1v) is 8.00. The van der Waals surface area contributed by atoms with E-state index in [2.05, 4.69) is 0 Å². The van der Waals surface area contributed by atoms with Crippen LogP contribution in [0.3, 0.4) is 0 Å². The molecule has 2 bridgehead atoms. The van der Waals surface area contributed by atoms with Gasteiger partial charge in [-0.15, -0.1) is 0 Å². The summed E-state index contributed by atoms with van der Waals surface area (Å²) in [4.78, 5) is 26.4. The summed E-state index contributed by atoms with van der Waals surface area (Å²) in [5, 5.41) is 11.6. The topological polar surface area (TPSA) is 66.8 Å². The molecule has 0 saturated carbocycles. The highest BCUT2D eigenvalue weighted by Gasteiger charge is 2.67. The van der Waals surface area contributed by atoms with Gasteiger partial charge < -0.3 is 14.7 Å². The fraction of sp³-hybridized carbons (Fsp3) is 0.263. The van der Waals surface area contributed by atoms with E-state index < -0.39 is 29.5 Å². The predicted octanol–water partition coefficient (Wildman–Crippen LogP) is 2.21. The van der Waals surface area contributed by atoms with Crippen LogP contribution in [-0.2, 0) is 14.3 Å². The van der Waals surface area contributed by atoms with Gasteiger partial charge >= 0.3 is 5.97 Å². The highest BCUT2D eigenvalue weighted by atomic mass is 16.5. The van der Waals surface area contributed by atoms with E-state index in [-0.39, 0.29) is 5.91 Å². The molecule has 5 heteroatoms. The smallest absolute Gasteiger partial charge is 0.310 e. The van der Waals surface area contributed by atoms with E-state index in [1.54, 1.807) is 11.0 Å². The van der Waals surface area contributed by atoms with Crippen LogP contribution in [0.25, 0.3) is 10.8 Å². The third-order valence-electron chi connectivity index (χ3n) is 5.44. The normalized spacial score (nSPS) is 33.4. The van der Waals surface area contributed by atoms with Crippen LogP contribution in [0.4, 0.5) is 5.69 Å². The molecule has 0 unspecified atom stereocenters. The number of nitrogens with zero attached hydrogens (tertiary/aromatic N) is 1. The van der Waals surface area contributed by atoms with Crippen molar-refractivity contribution in [3.63, 3.8) is 0 Å². The standard InChI is InChI=1S/C19H15NO4/c21-17-16-15(18(22)23)14-8-9-19(16,24-14)10-20(17)13-7-3-5-11-4-1-2-6-12(11)13/h1-9,14-16H,10H2,(H,22,23)/t14-,15+,16-,19-/m1/s1. The van der Waals surface area contributed by atoms with Crippen molar-refractivity contribution >= 4 is 28.3 Å². The number of benzene rings is 2. The quantitative estimate of drug-likeness (QED) is 0.861. The van der Waals surface area contributed by atoms with Crippen LogP contribution < -0.4 is 4.90 Å². The second-order valence-electron chi connectivity index (χ2n) is 6.66. The van der Waals surface area contributed by atoms with Crippen molar-refractivity contribution in [3.05, 3.63) is 54.6 Å². The molecule has 1 N–H and O–H groups in total. The molecule has 3 aliphatic heterocycles. The molecule has 3 aliphatic rings. The van der Waals surface area contributed by atoms with E-state index in [0.29, 0.717) is 6.54 Å². The monoisotopic (exact) mass is 321 g/mol. The Hall–Kier alpha value is -2.66. The van der Waals surface area contributed by atoms with Crippen molar-refractivity contribution in [3.8, 4) is 0 Å². The molecular formula is C19H15NO4. The van der Waals surface area contributed by atoms with Gasteiger partial charge in [-0.05, 0) is 11.5 Å². The number of carboxylic acid groups (broad SMARTS) is 1. The molecular weight excluding hydrogens is 306 g/mol. The summed E-state index contributed by atoms with van der Waals surface area (Å²) >= 11 is 0. The second-order valence-corrected chi connectivity index (χ2v) is 6.66. The SMILES string of the molecule is O=C(O)[C@H]1[C@H]2C=C[C@]3(CN(c4cccc5ccccc45)C(=O)[C@@H]13)O2. The van der Waals surface area contributed by atoms with E-state index in [4.69, 9.17) is 4.74 Å². The fourth-order valence-electron chi connectivity index (χ4n) is 4.43. The minimum Gasteiger partial charge on any atom is -0.481 e. The Labute approximate surface area is 138 Å². The van der Waals surface area contributed by atoms with Gasteiger partial charge in [0.1, 0.15) is 11.5 Å². The maximum atomic E-state index is 13.1. The van der Waals surface area contributed by atoms with Crippen molar-refractivity contribution < 1.29 is 19.4 Å². The molecule has 0 aliphatic carbocycles. The van der Waals surface area contributed by atoms with Gasteiger partial charge in [0.15, 0.2) is 0 Å². The number of hydrogen-bond acceptors (Lipinski definition) is 3. The fourth-order valence-corrected chi connectivity index (χ4v) is 4.43. The molecule has 0 aromatic heterocycles. The lowest BCUT2D eigenvalue weighted by Gasteiger charge is -2.22. The molecule has 5 nitrogen and oxygen atoms in total. The number of amides is 1. The average molecular weight is 321 g/mol. The van der Waals surface area contributed by atoms with Gasteiger partial charge in [-0.3, -0.25) is 9.59 Å². The first-order valence-electron chi connectivity index (χ1n) is 8.00. The lowest BCUT2D eigenvalue weighted by atomic mass is 9.77. The Morgan fingerprint density at radius 2 is 2.00 bits per heavy atom. The third-order valence-corrected chi connectivity index (χ3v) is 5.44. The molecule has 5 rings (SSSR count). The molecule has 120 valence electrons. The maximum absolute atomic E-state index is 13.1. The number of ether oxygens (including phenoxy) is 1. The number of anilines is 1. The van der Waals surface area contributed by atoms with Gasteiger partial charge in [0.25, 0.3) is 0 Å². The Balaban J connectivity index is 1.64. The molecule has 1 spiro atoms. The molecule has 2 fully saturated rings. The molecule has 4 atom stereocenters. The zero-order valence-corrected chi connectivity index (χ0v) is 12.8. The van der Waals surface area contributed by atoms with Crippen molar-refractivity contribution in [2.24, 2.45) is 11.8 Å². The third kappa shape index (κ3) is 1.57. The van der Waals surface area contributed by atoms with Gasteiger partial charge in [0, 0.05) is 5.39 Å². The Morgan fingerprint density at radius 1 is 1.21 bits per heavy atom. The minimum atomic E-state index is -0.968. The van der Waals surface area contributed by atoms with Crippen LogP contribution in [-0.4, -0.2) is 35.2 Å². The molecule has 3 heterocycles. The number of hydrogen-bond donors (Lipinski definition) is 1. The molecule has 1 amide bonds. The maximum Gasteiger partial charge on any atom is 0.310 e. The van der Waals surface area contributed by atoms with E-state index in [1.807, 2.05) is 48.5 Å². The van der Waals surface area contributed by atoms with Gasteiger partial charge in [0.05, 0.1) is 24.3 Å². The predicted molar refractivity (Wildman–Crippen MR) is 87.7 cm³/mol. The number of fused-ring (bicyclic) bond motifs is 2. The number of carboxylic acids is 1. The lowest BCUT2D eigenvalue weighted by Crippen LogP contribution is -2.39. The van der Waals surface area contributed by atoms with Crippen LogP contribution in [0.5, 0.6) is 0 Å². The average Bonchev–Trinajstić information content (AvgIpc) is 3.22.